The van der Waals surface area contributed by atoms with Crippen LogP contribution in [0.4, 0.5) is 0 Å². The number of methoxy groups -OCH3 is 2. The molecule has 2 aromatic rings. The van der Waals surface area contributed by atoms with Crippen molar-refractivity contribution in [1.29, 1.82) is 0 Å². The highest BCUT2D eigenvalue weighted by molar-refractivity contribution is 5.31. The first-order chi connectivity index (χ1) is 13.6. The van der Waals surface area contributed by atoms with Gasteiger partial charge < -0.3 is 19.1 Å². The summed E-state index contributed by atoms with van der Waals surface area (Å²) in [5, 5.41) is 0. The predicted octanol–water partition coefficient (Wildman–Crippen LogP) is 4.73. The molecular formula is C24H33NO3. The van der Waals surface area contributed by atoms with Gasteiger partial charge in [0, 0.05) is 6.54 Å². The van der Waals surface area contributed by atoms with Crippen LogP contribution in [0, 0.1) is 5.92 Å². The van der Waals surface area contributed by atoms with Crippen molar-refractivity contribution in [3.05, 3.63) is 59.7 Å². The largest absolute Gasteiger partial charge is 0.497 e. The van der Waals surface area contributed by atoms with E-state index in [1.807, 2.05) is 18.2 Å². The third-order valence-electron chi connectivity index (χ3n) is 5.70. The second-order valence-corrected chi connectivity index (χ2v) is 8.00. The molecule has 3 rings (SSSR count). The van der Waals surface area contributed by atoms with Crippen molar-refractivity contribution in [2.45, 2.75) is 37.9 Å². The lowest BCUT2D eigenvalue weighted by atomic mass is 9.74. The molecule has 3 unspecified atom stereocenters. The lowest BCUT2D eigenvalue weighted by molar-refractivity contribution is -0.00690. The van der Waals surface area contributed by atoms with Gasteiger partial charge in [0.15, 0.2) is 0 Å². The van der Waals surface area contributed by atoms with Gasteiger partial charge in [-0.05, 0) is 80.6 Å². The molecule has 0 aromatic heterocycles. The molecule has 3 atom stereocenters. The Labute approximate surface area is 169 Å². The van der Waals surface area contributed by atoms with Crippen LogP contribution in [0.15, 0.2) is 48.5 Å². The van der Waals surface area contributed by atoms with Crippen LogP contribution in [-0.2, 0) is 11.3 Å². The Balaban J connectivity index is 1.63. The number of ether oxygens (including phenoxy) is 3. The third-order valence-corrected chi connectivity index (χ3v) is 5.70. The van der Waals surface area contributed by atoms with Crippen LogP contribution in [0.5, 0.6) is 11.5 Å². The second-order valence-electron chi connectivity index (χ2n) is 8.00. The van der Waals surface area contributed by atoms with Gasteiger partial charge in [-0.25, -0.2) is 0 Å². The Kier molecular flexibility index (Phi) is 7.35. The molecule has 0 N–H and O–H groups in total. The van der Waals surface area contributed by atoms with Gasteiger partial charge in [0.2, 0.25) is 0 Å². The van der Waals surface area contributed by atoms with Crippen LogP contribution in [-0.4, -0.2) is 45.9 Å². The van der Waals surface area contributed by atoms with Gasteiger partial charge in [-0.3, -0.25) is 0 Å². The fourth-order valence-corrected chi connectivity index (χ4v) is 4.29. The molecule has 0 radical (unpaired) electrons. The summed E-state index contributed by atoms with van der Waals surface area (Å²) in [4.78, 5) is 2.30. The minimum Gasteiger partial charge on any atom is -0.497 e. The van der Waals surface area contributed by atoms with E-state index in [0.29, 0.717) is 24.5 Å². The molecule has 1 fully saturated rings. The Morgan fingerprint density at radius 1 is 0.929 bits per heavy atom. The Morgan fingerprint density at radius 2 is 1.68 bits per heavy atom. The normalized spacial score (nSPS) is 22.2. The van der Waals surface area contributed by atoms with Crippen molar-refractivity contribution in [1.82, 2.24) is 4.90 Å². The predicted molar refractivity (Wildman–Crippen MR) is 113 cm³/mol. The molecule has 0 spiro atoms. The lowest BCUT2D eigenvalue weighted by Crippen LogP contribution is -2.34. The quantitative estimate of drug-likeness (QED) is 0.659. The van der Waals surface area contributed by atoms with Gasteiger partial charge in [-0.2, -0.15) is 0 Å². The first-order valence-electron chi connectivity index (χ1n) is 10.1. The van der Waals surface area contributed by atoms with Gasteiger partial charge in [0.1, 0.15) is 11.5 Å². The van der Waals surface area contributed by atoms with Crippen molar-refractivity contribution in [2.75, 3.05) is 34.9 Å². The summed E-state index contributed by atoms with van der Waals surface area (Å²) in [7, 11) is 7.74. The highest BCUT2D eigenvalue weighted by Crippen LogP contribution is 2.40. The maximum absolute atomic E-state index is 6.30. The van der Waals surface area contributed by atoms with Crippen LogP contribution in [0.1, 0.15) is 36.3 Å². The van der Waals surface area contributed by atoms with Gasteiger partial charge in [0.05, 0.1) is 26.9 Å². The van der Waals surface area contributed by atoms with Gasteiger partial charge in [-0.15, -0.1) is 0 Å². The molecule has 4 heteroatoms. The van der Waals surface area contributed by atoms with E-state index in [1.165, 1.54) is 11.1 Å². The summed E-state index contributed by atoms with van der Waals surface area (Å²) >= 11 is 0. The van der Waals surface area contributed by atoms with Crippen LogP contribution >= 0.6 is 0 Å². The lowest BCUT2D eigenvalue weighted by Gasteiger charge is -2.38. The highest BCUT2D eigenvalue weighted by Gasteiger charge is 2.32. The van der Waals surface area contributed by atoms with E-state index in [4.69, 9.17) is 14.2 Å². The summed E-state index contributed by atoms with van der Waals surface area (Å²) in [6, 6.07) is 16.7. The van der Waals surface area contributed by atoms with Gasteiger partial charge >= 0.3 is 0 Å². The zero-order valence-electron chi connectivity index (χ0n) is 17.6. The number of nitrogens with zero attached hydrogens (tertiary/aromatic N) is 1. The van der Waals surface area contributed by atoms with E-state index in [-0.39, 0.29) is 0 Å². The summed E-state index contributed by atoms with van der Waals surface area (Å²) in [5.74, 6) is 2.96. The van der Waals surface area contributed by atoms with Crippen molar-refractivity contribution < 1.29 is 14.2 Å². The molecule has 152 valence electrons. The Hall–Kier alpha value is -2.04. The van der Waals surface area contributed by atoms with E-state index in [2.05, 4.69) is 49.3 Å². The maximum atomic E-state index is 6.30. The first-order valence-corrected chi connectivity index (χ1v) is 10.1. The van der Waals surface area contributed by atoms with Gasteiger partial charge in [-0.1, -0.05) is 24.3 Å². The highest BCUT2D eigenvalue weighted by atomic mass is 16.5. The fraction of sp³-hybridized carbons (Fsp3) is 0.500. The second kappa shape index (κ2) is 9.94. The van der Waals surface area contributed by atoms with Crippen molar-refractivity contribution >= 4 is 0 Å². The molecule has 1 aliphatic carbocycles. The third kappa shape index (κ3) is 5.49. The maximum Gasteiger partial charge on any atom is 0.119 e. The van der Waals surface area contributed by atoms with E-state index >= 15 is 0 Å². The van der Waals surface area contributed by atoms with Crippen LogP contribution in [0.25, 0.3) is 0 Å². The molecule has 0 aliphatic heterocycles. The summed E-state index contributed by atoms with van der Waals surface area (Å²) in [5.41, 5.74) is 2.58. The van der Waals surface area contributed by atoms with E-state index in [0.717, 1.165) is 37.3 Å². The number of rotatable bonds is 8. The SMILES string of the molecule is COc1ccc(COC2CCC(c3cccc(OC)c3)C(CN(C)C)C2)cc1. The fourth-order valence-electron chi connectivity index (χ4n) is 4.29. The minimum absolute atomic E-state index is 0.314. The van der Waals surface area contributed by atoms with E-state index in [9.17, 15) is 0 Å². The molecule has 1 saturated carbocycles. The molecule has 0 saturated heterocycles. The topological polar surface area (TPSA) is 30.9 Å². The van der Waals surface area contributed by atoms with E-state index < -0.39 is 0 Å². The first kappa shape index (κ1) is 20.7. The smallest absolute Gasteiger partial charge is 0.119 e. The average Bonchev–Trinajstić information content (AvgIpc) is 2.72. The average molecular weight is 384 g/mol. The van der Waals surface area contributed by atoms with Crippen molar-refractivity contribution in [2.24, 2.45) is 5.92 Å². The van der Waals surface area contributed by atoms with Crippen molar-refractivity contribution in [3.8, 4) is 11.5 Å². The summed E-state index contributed by atoms with van der Waals surface area (Å²) in [6.45, 7) is 1.73. The molecule has 0 bridgehead atoms. The molecular weight excluding hydrogens is 350 g/mol. The standard InChI is InChI=1S/C24H33NO3/c1-25(2)16-20-15-23(28-17-18-8-10-21(26-3)11-9-18)12-13-24(20)19-6-5-7-22(14-19)27-4/h5-11,14,20,23-24H,12-13,15-17H2,1-4H3. The van der Waals surface area contributed by atoms with Gasteiger partial charge in [0.25, 0.3) is 0 Å². The zero-order valence-corrected chi connectivity index (χ0v) is 17.6. The molecule has 2 aromatic carbocycles. The van der Waals surface area contributed by atoms with Crippen LogP contribution in [0.3, 0.4) is 0 Å². The number of hydrogen-bond donors (Lipinski definition) is 0. The molecule has 0 heterocycles. The zero-order chi connectivity index (χ0) is 19.9. The van der Waals surface area contributed by atoms with Crippen molar-refractivity contribution in [3.63, 3.8) is 0 Å². The van der Waals surface area contributed by atoms with Crippen LogP contribution in [0.2, 0.25) is 0 Å². The minimum atomic E-state index is 0.314. The molecule has 0 amide bonds. The Morgan fingerprint density at radius 3 is 2.36 bits per heavy atom. The monoisotopic (exact) mass is 383 g/mol. The summed E-state index contributed by atoms with van der Waals surface area (Å²) < 4.78 is 17.0. The Bertz CT molecular complexity index is 729. The molecule has 4 nitrogen and oxygen atoms in total. The molecule has 28 heavy (non-hydrogen) atoms. The summed E-state index contributed by atoms with van der Waals surface area (Å²) in [6.07, 6.45) is 3.66. The van der Waals surface area contributed by atoms with Crippen LogP contribution < -0.4 is 9.47 Å². The molecule has 1 aliphatic rings. The van der Waals surface area contributed by atoms with E-state index in [1.54, 1.807) is 14.2 Å². The number of hydrogen-bond acceptors (Lipinski definition) is 4. The number of benzene rings is 2.